The smallest absolute Gasteiger partial charge is 0.329 e. The standard InChI is InChI=1S/C26H35FN4O6S/c1-5-19-24(34)31-22(15(3)4)26(36)37-17(9-7-8-12-38-21(33)6-2)13-20(32)28-14-16-10-11-18(27)23(29-16)25(35)30-19/h5,10-11,15,17,22H,6-9,12-14H2,1-4H3,(H,28,32)(H,30,35)(H,31,34)/b19-5-/t17-,22+/m1/s1. The van der Waals surface area contributed by atoms with E-state index in [0.717, 1.165) is 6.07 Å². The van der Waals surface area contributed by atoms with Crippen molar-refractivity contribution in [3.8, 4) is 0 Å². The highest BCUT2D eigenvalue weighted by Gasteiger charge is 2.30. The van der Waals surface area contributed by atoms with E-state index in [9.17, 15) is 28.4 Å². The number of amides is 3. The summed E-state index contributed by atoms with van der Waals surface area (Å²) in [6, 6.07) is 1.32. The highest BCUT2D eigenvalue weighted by atomic mass is 32.2. The zero-order valence-corrected chi connectivity index (χ0v) is 22.9. The fourth-order valence-corrected chi connectivity index (χ4v) is 4.35. The van der Waals surface area contributed by atoms with Gasteiger partial charge in [0, 0.05) is 12.2 Å². The summed E-state index contributed by atoms with van der Waals surface area (Å²) in [5.74, 6) is -3.49. The monoisotopic (exact) mass is 550 g/mol. The van der Waals surface area contributed by atoms with Gasteiger partial charge in [-0.3, -0.25) is 19.2 Å². The number of nitrogens with one attached hydrogen (secondary N) is 3. The number of nitrogens with zero attached hydrogens (tertiary/aromatic N) is 1. The van der Waals surface area contributed by atoms with E-state index in [1.165, 1.54) is 30.8 Å². The lowest BCUT2D eigenvalue weighted by molar-refractivity contribution is -0.155. The summed E-state index contributed by atoms with van der Waals surface area (Å²) in [6.07, 6.45) is 2.57. The Morgan fingerprint density at radius 2 is 1.95 bits per heavy atom. The second-order valence-electron chi connectivity index (χ2n) is 9.09. The number of cyclic esters (lactones) is 1. The van der Waals surface area contributed by atoms with Gasteiger partial charge in [-0.15, -0.1) is 0 Å². The molecule has 2 rings (SSSR count). The molecule has 10 nitrogen and oxygen atoms in total. The zero-order chi connectivity index (χ0) is 28.2. The first kappa shape index (κ1) is 30.9. The number of fused-ring (bicyclic) bond motifs is 2. The maximum absolute atomic E-state index is 14.3. The van der Waals surface area contributed by atoms with E-state index >= 15 is 0 Å². The molecule has 2 atom stereocenters. The molecule has 0 spiro atoms. The van der Waals surface area contributed by atoms with Crippen molar-refractivity contribution >= 4 is 40.6 Å². The third-order valence-corrected chi connectivity index (χ3v) is 6.85. The number of ether oxygens (including phenoxy) is 1. The van der Waals surface area contributed by atoms with E-state index in [2.05, 4.69) is 20.9 Å². The number of carbonyl (C=O) groups excluding carboxylic acids is 5. The van der Waals surface area contributed by atoms with Crippen molar-refractivity contribution < 1.29 is 33.1 Å². The van der Waals surface area contributed by atoms with Crippen molar-refractivity contribution in [1.29, 1.82) is 0 Å². The number of hydrogen-bond acceptors (Lipinski definition) is 8. The Kier molecular flexibility index (Phi) is 12.4. The van der Waals surface area contributed by atoms with Gasteiger partial charge in [0.2, 0.25) is 5.91 Å². The number of aromatic nitrogens is 1. The first-order chi connectivity index (χ1) is 18.0. The molecule has 0 aliphatic carbocycles. The number of halogens is 1. The van der Waals surface area contributed by atoms with Gasteiger partial charge in [-0.2, -0.15) is 0 Å². The summed E-state index contributed by atoms with van der Waals surface area (Å²) in [4.78, 5) is 66.8. The molecule has 0 saturated carbocycles. The van der Waals surface area contributed by atoms with Crippen LogP contribution in [0.1, 0.15) is 76.0 Å². The number of esters is 1. The topological polar surface area (TPSA) is 144 Å². The van der Waals surface area contributed by atoms with Crippen LogP contribution in [0.25, 0.3) is 0 Å². The molecule has 1 aromatic rings. The highest BCUT2D eigenvalue weighted by molar-refractivity contribution is 8.13. The minimum atomic E-state index is -1.07. The molecule has 0 aromatic carbocycles. The largest absolute Gasteiger partial charge is 0.460 e. The molecule has 0 radical (unpaired) electrons. The molecule has 0 fully saturated rings. The first-order valence-electron chi connectivity index (χ1n) is 12.6. The summed E-state index contributed by atoms with van der Waals surface area (Å²) >= 11 is 1.25. The lowest BCUT2D eigenvalue weighted by Gasteiger charge is -2.25. The van der Waals surface area contributed by atoms with Gasteiger partial charge in [-0.1, -0.05) is 38.6 Å². The molecule has 1 aliphatic rings. The van der Waals surface area contributed by atoms with Crippen LogP contribution in [0, 0.1) is 11.7 Å². The Morgan fingerprint density at radius 1 is 1.21 bits per heavy atom. The van der Waals surface area contributed by atoms with Gasteiger partial charge in [-0.25, -0.2) is 14.2 Å². The molecule has 1 aliphatic heterocycles. The zero-order valence-electron chi connectivity index (χ0n) is 22.1. The molecular formula is C26H35FN4O6S. The molecule has 208 valence electrons. The van der Waals surface area contributed by atoms with Crippen LogP contribution in [-0.2, 0) is 30.5 Å². The number of carbonyl (C=O) groups is 5. The van der Waals surface area contributed by atoms with Gasteiger partial charge in [-0.05, 0) is 44.2 Å². The number of unbranched alkanes of at least 4 members (excludes halogenated alkanes) is 1. The lowest BCUT2D eigenvalue weighted by Crippen LogP contribution is -2.49. The predicted octanol–water partition coefficient (Wildman–Crippen LogP) is 2.77. The van der Waals surface area contributed by atoms with Crippen LogP contribution in [0.3, 0.4) is 0 Å². The van der Waals surface area contributed by atoms with Crippen molar-refractivity contribution in [3.05, 3.63) is 41.1 Å². The molecular weight excluding hydrogens is 515 g/mol. The number of rotatable bonds is 7. The summed E-state index contributed by atoms with van der Waals surface area (Å²) in [5, 5.41) is 7.66. The van der Waals surface area contributed by atoms with E-state index in [1.54, 1.807) is 20.8 Å². The average molecular weight is 551 g/mol. The van der Waals surface area contributed by atoms with E-state index < -0.39 is 47.3 Å². The minimum absolute atomic E-state index is 0.0819. The summed E-state index contributed by atoms with van der Waals surface area (Å²) in [5.41, 5.74) is -0.487. The fourth-order valence-electron chi connectivity index (χ4n) is 3.57. The Balaban J connectivity index is 2.29. The molecule has 0 unspecified atom stereocenters. The van der Waals surface area contributed by atoms with Gasteiger partial charge in [0.25, 0.3) is 11.8 Å². The van der Waals surface area contributed by atoms with E-state index in [1.807, 2.05) is 0 Å². The Labute approximate surface area is 225 Å². The fraction of sp³-hybridized carbons (Fsp3) is 0.538. The Bertz CT molecular complexity index is 1080. The van der Waals surface area contributed by atoms with E-state index in [-0.39, 0.29) is 35.4 Å². The summed E-state index contributed by atoms with van der Waals surface area (Å²) in [6.45, 7) is 6.65. The van der Waals surface area contributed by atoms with Gasteiger partial charge in [0.1, 0.15) is 17.8 Å². The summed E-state index contributed by atoms with van der Waals surface area (Å²) in [7, 11) is 0. The number of thioether (sulfide) groups is 1. The quantitative estimate of drug-likeness (QED) is 0.267. The van der Waals surface area contributed by atoms with Crippen LogP contribution in [0.5, 0.6) is 0 Å². The maximum Gasteiger partial charge on any atom is 0.329 e. The molecule has 2 bridgehead atoms. The molecule has 12 heteroatoms. The minimum Gasteiger partial charge on any atom is -0.460 e. The maximum atomic E-state index is 14.3. The van der Waals surface area contributed by atoms with Crippen molar-refractivity contribution in [2.24, 2.45) is 5.92 Å². The summed E-state index contributed by atoms with van der Waals surface area (Å²) < 4.78 is 20.0. The third-order valence-electron chi connectivity index (χ3n) is 5.74. The molecule has 2 heterocycles. The number of hydrogen-bond donors (Lipinski definition) is 3. The molecule has 3 N–H and O–H groups in total. The van der Waals surface area contributed by atoms with Gasteiger partial charge >= 0.3 is 5.97 Å². The van der Waals surface area contributed by atoms with Crippen LogP contribution >= 0.6 is 11.8 Å². The van der Waals surface area contributed by atoms with Crippen LogP contribution in [0.15, 0.2) is 23.9 Å². The first-order valence-corrected chi connectivity index (χ1v) is 13.6. The van der Waals surface area contributed by atoms with Crippen LogP contribution in [0.4, 0.5) is 4.39 Å². The second kappa shape index (κ2) is 15.2. The molecule has 3 amide bonds. The van der Waals surface area contributed by atoms with Crippen molar-refractivity contribution in [2.75, 3.05) is 5.75 Å². The molecule has 1 aromatic heterocycles. The predicted molar refractivity (Wildman–Crippen MR) is 140 cm³/mol. The number of allylic oxidation sites excluding steroid dienone is 1. The van der Waals surface area contributed by atoms with Crippen LogP contribution < -0.4 is 16.0 Å². The SMILES string of the molecule is C/C=C1\NC(=O)c2nc(ccc2F)CNC(=O)C[C@@H](CCCCSC(=O)CC)OC(=O)[C@H](C(C)C)NC1=O. The lowest BCUT2D eigenvalue weighted by atomic mass is 10.0. The van der Waals surface area contributed by atoms with E-state index in [0.29, 0.717) is 31.4 Å². The van der Waals surface area contributed by atoms with Gasteiger partial charge in [0.15, 0.2) is 16.6 Å². The van der Waals surface area contributed by atoms with Crippen molar-refractivity contribution in [2.45, 2.75) is 78.5 Å². The average Bonchev–Trinajstić information content (AvgIpc) is 2.88. The molecule has 38 heavy (non-hydrogen) atoms. The van der Waals surface area contributed by atoms with Crippen molar-refractivity contribution in [1.82, 2.24) is 20.9 Å². The van der Waals surface area contributed by atoms with Crippen molar-refractivity contribution in [3.63, 3.8) is 0 Å². The third kappa shape index (κ3) is 9.55. The normalized spacial score (nSPS) is 20.5. The van der Waals surface area contributed by atoms with Crippen LogP contribution in [0.2, 0.25) is 0 Å². The molecule has 0 saturated heterocycles. The Hall–Kier alpha value is -3.28. The highest BCUT2D eigenvalue weighted by Crippen LogP contribution is 2.17. The number of pyridine rings is 1. The van der Waals surface area contributed by atoms with Gasteiger partial charge in [0.05, 0.1) is 18.7 Å². The van der Waals surface area contributed by atoms with Crippen LogP contribution in [-0.4, -0.2) is 51.7 Å². The second-order valence-corrected chi connectivity index (χ2v) is 10.2. The Morgan fingerprint density at radius 3 is 2.61 bits per heavy atom. The van der Waals surface area contributed by atoms with E-state index in [4.69, 9.17) is 4.74 Å². The van der Waals surface area contributed by atoms with Gasteiger partial charge < -0.3 is 20.7 Å².